The van der Waals surface area contributed by atoms with Crippen LogP contribution < -0.4 is 14.8 Å². The lowest BCUT2D eigenvalue weighted by atomic mass is 10.3. The number of nitroso groups, excluding NO2 is 1. The van der Waals surface area contributed by atoms with Crippen molar-refractivity contribution >= 4 is 12.1 Å². The van der Waals surface area contributed by atoms with Gasteiger partial charge in [0.05, 0.1) is 18.3 Å². The van der Waals surface area contributed by atoms with Gasteiger partial charge in [0.2, 0.25) is 12.2 Å². The largest absolute Gasteiger partial charge is 0.497 e. The third-order valence-electron chi connectivity index (χ3n) is 2.55. The average Bonchev–Trinajstić information content (AvgIpc) is 2.66. The van der Waals surface area contributed by atoms with Gasteiger partial charge in [-0.05, 0) is 6.07 Å². The first-order chi connectivity index (χ1) is 8.26. The minimum Gasteiger partial charge on any atom is -0.497 e. The minimum absolute atomic E-state index is 0.401. The van der Waals surface area contributed by atoms with Gasteiger partial charge in [-0.1, -0.05) is 0 Å². The van der Waals surface area contributed by atoms with Gasteiger partial charge in [0.1, 0.15) is 5.75 Å². The smallest absolute Gasteiger partial charge is 0.352 e. The summed E-state index contributed by atoms with van der Waals surface area (Å²) in [5.74, 6) is 1.15. The van der Waals surface area contributed by atoms with Crippen LogP contribution in [0.5, 0.6) is 11.5 Å². The summed E-state index contributed by atoms with van der Waals surface area (Å²) in [4.78, 5) is 21.9. The Morgan fingerprint density at radius 2 is 2.41 bits per heavy atom. The zero-order valence-electron chi connectivity index (χ0n) is 9.38. The minimum atomic E-state index is -0.593. The Hall–Kier alpha value is -2.11. The molecule has 6 nitrogen and oxygen atoms in total. The lowest BCUT2D eigenvalue weighted by molar-refractivity contribution is -0.529. The fourth-order valence-electron chi connectivity index (χ4n) is 1.69. The van der Waals surface area contributed by atoms with Gasteiger partial charge < -0.3 is 14.8 Å². The topological polar surface area (TPSA) is 67.6 Å². The highest BCUT2D eigenvalue weighted by atomic mass is 16.5. The highest BCUT2D eigenvalue weighted by Crippen LogP contribution is 2.38. The molecule has 1 aromatic carbocycles. The molecule has 0 saturated heterocycles. The van der Waals surface area contributed by atoms with Gasteiger partial charge in [-0.15, -0.1) is 0 Å². The molecule has 1 heterocycles. The number of carbonyl (C=O) groups is 1. The maximum atomic E-state index is 11.8. The Morgan fingerprint density at radius 3 is 3.12 bits per heavy atom. The van der Waals surface area contributed by atoms with E-state index in [9.17, 15) is 9.70 Å². The van der Waals surface area contributed by atoms with E-state index >= 15 is 0 Å². The molecule has 1 aliphatic rings. The second kappa shape index (κ2) is 4.82. The first-order valence-electron chi connectivity index (χ1n) is 5.24. The predicted octanol–water partition coefficient (Wildman–Crippen LogP) is 0.960. The highest BCUT2D eigenvalue weighted by molar-refractivity contribution is 5.52. The molecule has 1 atom stereocenters. The lowest BCUT2D eigenvalue weighted by Gasteiger charge is -2.01. The SMILES string of the molecule is COc1ccc2c(c1)OC(CCNC=O)[N+]2=O. The van der Waals surface area contributed by atoms with E-state index in [1.54, 1.807) is 25.3 Å². The molecular weight excluding hydrogens is 224 g/mol. The molecule has 1 amide bonds. The standard InChI is InChI=1S/C11H12N2O4/c1-16-8-2-3-9-10(6-8)17-11(13(9)15)4-5-12-7-14/h2-3,6-7,11H,4-5H2,1H3/p+1. The first kappa shape index (κ1) is 11.4. The van der Waals surface area contributed by atoms with Crippen LogP contribution in [0, 0.1) is 4.91 Å². The molecule has 0 spiro atoms. The molecule has 2 rings (SSSR count). The van der Waals surface area contributed by atoms with Crippen LogP contribution in [0.15, 0.2) is 18.2 Å². The Balaban J connectivity index is 2.09. The van der Waals surface area contributed by atoms with Gasteiger partial charge in [0, 0.05) is 23.6 Å². The third-order valence-corrected chi connectivity index (χ3v) is 2.55. The van der Waals surface area contributed by atoms with Crippen molar-refractivity contribution in [3.05, 3.63) is 23.1 Å². The molecule has 0 fully saturated rings. The van der Waals surface area contributed by atoms with E-state index in [1.807, 2.05) is 0 Å². The number of nitrogens with one attached hydrogen (secondary N) is 1. The molecule has 17 heavy (non-hydrogen) atoms. The third kappa shape index (κ3) is 2.20. The van der Waals surface area contributed by atoms with Crippen LogP contribution in [0.25, 0.3) is 0 Å². The molecule has 1 aliphatic heterocycles. The summed E-state index contributed by atoms with van der Waals surface area (Å²) in [6.07, 6.45) is 0.434. The van der Waals surface area contributed by atoms with Gasteiger partial charge in [-0.25, -0.2) is 0 Å². The summed E-state index contributed by atoms with van der Waals surface area (Å²) < 4.78 is 11.3. The van der Waals surface area contributed by atoms with Crippen molar-refractivity contribution in [2.75, 3.05) is 13.7 Å². The van der Waals surface area contributed by atoms with Crippen molar-refractivity contribution in [3.8, 4) is 11.5 Å². The second-order valence-corrected chi connectivity index (χ2v) is 3.59. The molecule has 1 aromatic rings. The molecule has 0 aromatic heterocycles. The van der Waals surface area contributed by atoms with Gasteiger partial charge in [-0.2, -0.15) is 0 Å². The summed E-state index contributed by atoms with van der Waals surface area (Å²) in [7, 11) is 1.55. The highest BCUT2D eigenvalue weighted by Gasteiger charge is 2.40. The first-order valence-corrected chi connectivity index (χ1v) is 5.24. The zero-order chi connectivity index (χ0) is 12.3. The predicted molar refractivity (Wildman–Crippen MR) is 59.4 cm³/mol. The number of ether oxygens (including phenoxy) is 2. The summed E-state index contributed by atoms with van der Waals surface area (Å²) in [5, 5.41) is 2.49. The Bertz CT molecular complexity index is 447. The maximum absolute atomic E-state index is 11.8. The molecule has 0 radical (unpaired) electrons. The van der Waals surface area contributed by atoms with Crippen LogP contribution in [0.3, 0.4) is 0 Å². The number of amides is 1. The number of methoxy groups -OCH3 is 1. The molecule has 90 valence electrons. The number of nitrogens with zero attached hydrogens (tertiary/aromatic N) is 1. The summed E-state index contributed by atoms with van der Waals surface area (Å²) >= 11 is 0. The number of fused-ring (bicyclic) bond motifs is 1. The molecule has 1 N–H and O–H groups in total. The number of benzene rings is 1. The summed E-state index contributed by atoms with van der Waals surface area (Å²) in [6.45, 7) is 0.401. The van der Waals surface area contributed by atoms with Crippen molar-refractivity contribution in [2.24, 2.45) is 0 Å². The lowest BCUT2D eigenvalue weighted by Crippen LogP contribution is -2.26. The summed E-state index contributed by atoms with van der Waals surface area (Å²) in [5.41, 5.74) is 0.488. The van der Waals surface area contributed by atoms with Crippen LogP contribution in [0.1, 0.15) is 6.42 Å². The van der Waals surface area contributed by atoms with Gasteiger partial charge >= 0.3 is 11.9 Å². The fourth-order valence-corrected chi connectivity index (χ4v) is 1.69. The molecule has 0 aliphatic carbocycles. The number of carbonyl (C=O) groups excluding carboxylic acids is 1. The Labute approximate surface area is 98.1 Å². The van der Waals surface area contributed by atoms with Crippen molar-refractivity contribution in [3.63, 3.8) is 0 Å². The van der Waals surface area contributed by atoms with Crippen LogP contribution in [0.2, 0.25) is 0 Å². The fraction of sp³-hybridized carbons (Fsp3) is 0.364. The van der Waals surface area contributed by atoms with Crippen molar-refractivity contribution in [2.45, 2.75) is 12.6 Å². The van der Waals surface area contributed by atoms with E-state index in [2.05, 4.69) is 5.32 Å². The maximum Gasteiger partial charge on any atom is 0.352 e. The number of hydrogen-bond donors (Lipinski definition) is 1. The van der Waals surface area contributed by atoms with Crippen molar-refractivity contribution in [1.82, 2.24) is 5.32 Å². The van der Waals surface area contributed by atoms with E-state index < -0.39 is 6.23 Å². The van der Waals surface area contributed by atoms with Gasteiger partial charge in [0.25, 0.3) is 0 Å². The van der Waals surface area contributed by atoms with Gasteiger partial charge in [0.15, 0.2) is 0 Å². The van der Waals surface area contributed by atoms with E-state index in [0.717, 1.165) is 4.76 Å². The van der Waals surface area contributed by atoms with E-state index in [-0.39, 0.29) is 0 Å². The Morgan fingerprint density at radius 1 is 1.59 bits per heavy atom. The molecule has 0 bridgehead atoms. The van der Waals surface area contributed by atoms with Crippen LogP contribution >= 0.6 is 0 Å². The van der Waals surface area contributed by atoms with Crippen LogP contribution in [0.4, 0.5) is 5.69 Å². The van der Waals surface area contributed by atoms with Crippen LogP contribution in [-0.2, 0) is 4.79 Å². The number of rotatable bonds is 5. The molecular formula is C11H13N2O4+. The zero-order valence-corrected chi connectivity index (χ0v) is 9.38. The van der Waals surface area contributed by atoms with Gasteiger partial charge in [-0.3, -0.25) is 4.79 Å². The van der Waals surface area contributed by atoms with E-state index in [4.69, 9.17) is 9.47 Å². The van der Waals surface area contributed by atoms with E-state index in [1.165, 1.54) is 0 Å². The van der Waals surface area contributed by atoms with Crippen molar-refractivity contribution < 1.29 is 19.0 Å². The molecule has 6 heteroatoms. The van der Waals surface area contributed by atoms with E-state index in [0.29, 0.717) is 36.6 Å². The second-order valence-electron chi connectivity index (χ2n) is 3.59. The summed E-state index contributed by atoms with van der Waals surface area (Å²) in [6, 6.07) is 5.04. The molecule has 0 saturated carbocycles. The normalized spacial score (nSPS) is 17.2. The monoisotopic (exact) mass is 237 g/mol. The Kier molecular flexibility index (Phi) is 3.22. The quantitative estimate of drug-likeness (QED) is 0.470. The van der Waals surface area contributed by atoms with Crippen LogP contribution in [-0.4, -0.2) is 31.1 Å². The molecule has 1 unspecified atom stereocenters. The van der Waals surface area contributed by atoms with Crippen molar-refractivity contribution in [1.29, 1.82) is 0 Å². The average molecular weight is 237 g/mol. The number of hydrogen-bond acceptors (Lipinski definition) is 4.